The van der Waals surface area contributed by atoms with Gasteiger partial charge >= 0.3 is 0 Å². The van der Waals surface area contributed by atoms with E-state index in [4.69, 9.17) is 9.97 Å². The number of nitrogens with zero attached hydrogens (tertiary/aromatic N) is 2. The van der Waals surface area contributed by atoms with E-state index >= 15 is 0 Å². The lowest BCUT2D eigenvalue weighted by Crippen LogP contribution is -2.27. The molecule has 0 unspecified atom stereocenters. The molecule has 2 heteroatoms. The number of rotatable bonds is 3. The van der Waals surface area contributed by atoms with E-state index in [1.165, 1.54) is 77.5 Å². The molecule has 244 valence electrons. The monoisotopic (exact) mass is 670 g/mol. The van der Waals surface area contributed by atoms with Crippen molar-refractivity contribution in [2.45, 2.75) is 5.41 Å². The average Bonchev–Trinajstić information content (AvgIpc) is 3.84. The smallest absolute Gasteiger partial charge is 0.160 e. The van der Waals surface area contributed by atoms with Gasteiger partial charge in [-0.25, -0.2) is 9.97 Å². The van der Waals surface area contributed by atoms with Crippen LogP contribution in [0.5, 0.6) is 0 Å². The minimum Gasteiger partial charge on any atom is -0.228 e. The van der Waals surface area contributed by atoms with Crippen molar-refractivity contribution in [1.29, 1.82) is 0 Å². The first-order valence-corrected chi connectivity index (χ1v) is 18.3. The zero-order valence-electron chi connectivity index (χ0n) is 28.7. The van der Waals surface area contributed by atoms with Crippen LogP contribution in [0.3, 0.4) is 0 Å². The van der Waals surface area contributed by atoms with Crippen molar-refractivity contribution in [3.63, 3.8) is 0 Å². The zero-order chi connectivity index (χ0) is 34.7. The van der Waals surface area contributed by atoms with Crippen molar-refractivity contribution in [2.24, 2.45) is 0 Å². The molecule has 3 aliphatic carbocycles. The third kappa shape index (κ3) is 3.72. The Hall–Kier alpha value is -6.90. The summed E-state index contributed by atoms with van der Waals surface area (Å²) in [5.74, 6) is 0.722. The highest BCUT2D eigenvalue weighted by Crippen LogP contribution is 2.67. The summed E-state index contributed by atoms with van der Waals surface area (Å²) < 4.78 is 0. The van der Waals surface area contributed by atoms with Crippen molar-refractivity contribution >= 4 is 10.8 Å². The van der Waals surface area contributed by atoms with Crippen LogP contribution in [0.25, 0.3) is 89.2 Å². The zero-order valence-corrected chi connectivity index (χ0v) is 28.7. The number of fused-ring (bicyclic) bond motifs is 14. The van der Waals surface area contributed by atoms with Gasteiger partial charge in [-0.3, -0.25) is 0 Å². The molecule has 1 spiro atoms. The lowest BCUT2D eigenvalue weighted by Gasteiger charge is -2.32. The summed E-state index contributed by atoms with van der Waals surface area (Å²) >= 11 is 0. The molecule has 9 aromatic rings. The van der Waals surface area contributed by atoms with Crippen LogP contribution in [-0.2, 0) is 5.41 Å². The van der Waals surface area contributed by atoms with Crippen LogP contribution in [0.1, 0.15) is 22.3 Å². The van der Waals surface area contributed by atoms with Gasteiger partial charge in [0.1, 0.15) is 0 Å². The summed E-state index contributed by atoms with van der Waals surface area (Å²) in [4.78, 5) is 10.6. The van der Waals surface area contributed by atoms with E-state index in [1.807, 2.05) is 6.07 Å². The molecule has 0 N–H and O–H groups in total. The molecular formula is C51H30N2. The van der Waals surface area contributed by atoms with Gasteiger partial charge in [0, 0.05) is 16.7 Å². The average molecular weight is 671 g/mol. The van der Waals surface area contributed by atoms with Crippen LogP contribution in [-0.4, -0.2) is 9.97 Å². The molecule has 2 nitrogen and oxygen atoms in total. The van der Waals surface area contributed by atoms with Crippen molar-refractivity contribution in [2.75, 3.05) is 0 Å². The molecule has 0 saturated carbocycles. The molecule has 0 fully saturated rings. The first-order valence-electron chi connectivity index (χ1n) is 18.3. The van der Waals surface area contributed by atoms with Crippen molar-refractivity contribution in [3.8, 4) is 78.4 Å². The molecule has 53 heavy (non-hydrogen) atoms. The van der Waals surface area contributed by atoms with Gasteiger partial charge in [-0.1, -0.05) is 170 Å². The van der Waals surface area contributed by atoms with Crippen LogP contribution in [0, 0.1) is 0 Å². The van der Waals surface area contributed by atoms with Gasteiger partial charge in [0.25, 0.3) is 0 Å². The van der Waals surface area contributed by atoms with E-state index in [1.54, 1.807) is 0 Å². The predicted molar refractivity (Wildman–Crippen MR) is 217 cm³/mol. The van der Waals surface area contributed by atoms with Crippen LogP contribution < -0.4 is 0 Å². The van der Waals surface area contributed by atoms with Crippen molar-refractivity contribution < 1.29 is 0 Å². The Kier molecular flexibility index (Phi) is 5.73. The second-order valence-corrected chi connectivity index (χ2v) is 14.4. The Bertz CT molecular complexity index is 2940. The molecule has 0 bridgehead atoms. The van der Waals surface area contributed by atoms with Crippen molar-refractivity contribution in [1.82, 2.24) is 9.97 Å². The molecule has 0 amide bonds. The third-order valence-electron chi connectivity index (χ3n) is 11.8. The summed E-state index contributed by atoms with van der Waals surface area (Å²) in [7, 11) is 0. The molecule has 1 aromatic heterocycles. The Morgan fingerprint density at radius 2 is 0.887 bits per heavy atom. The molecule has 12 rings (SSSR count). The fraction of sp³-hybridized carbons (Fsp3) is 0.0196. The quantitative estimate of drug-likeness (QED) is 0.187. The van der Waals surface area contributed by atoms with Gasteiger partial charge in [0.15, 0.2) is 5.82 Å². The van der Waals surface area contributed by atoms with E-state index in [2.05, 4.69) is 176 Å². The first-order chi connectivity index (χ1) is 26.3. The van der Waals surface area contributed by atoms with Gasteiger partial charge in [0.05, 0.1) is 16.8 Å². The third-order valence-corrected chi connectivity index (χ3v) is 11.8. The van der Waals surface area contributed by atoms with E-state index in [-0.39, 0.29) is 0 Å². The Labute approximate surface area is 307 Å². The second-order valence-electron chi connectivity index (χ2n) is 14.4. The first kappa shape index (κ1) is 28.8. The lowest BCUT2D eigenvalue weighted by molar-refractivity contribution is 0.796. The summed E-state index contributed by atoms with van der Waals surface area (Å²) in [5, 5.41) is 2.67. The van der Waals surface area contributed by atoms with Crippen LogP contribution >= 0.6 is 0 Å². The Morgan fingerprint density at radius 3 is 1.66 bits per heavy atom. The standard InChI is InChI=1S/C51H30N2/c1-3-15-31(16-4-1)45-30-46(53-50(52-45)32-17-5-2-6-18-32)39-25-14-24-37-35-21-9-11-27-42(35)51(49(37)39)43-28-12-10-22-38(43)48-40-26-13-23-36-33-19-7-8-20-34(33)41(47(36)40)29-44(48)51/h1-30H/t51-/m1/s1. The summed E-state index contributed by atoms with van der Waals surface area (Å²) in [6.45, 7) is 0. The maximum Gasteiger partial charge on any atom is 0.160 e. The molecule has 0 aliphatic heterocycles. The fourth-order valence-electron chi connectivity index (χ4n) is 9.83. The highest BCUT2D eigenvalue weighted by atomic mass is 14.9. The molecule has 0 saturated heterocycles. The maximum absolute atomic E-state index is 5.42. The minimum atomic E-state index is -0.558. The Balaban J connectivity index is 1.23. The SMILES string of the molecule is c1ccc(-c2cc(-c3cccc4c3[C@]3(c5ccccc5-4)c4ccccc4-c4c3cc3c5c(cccc45)-c4ccccc4-3)nc(-c3ccccc3)n2)cc1. The number of hydrogen-bond donors (Lipinski definition) is 0. The summed E-state index contributed by atoms with van der Waals surface area (Å²) in [6.07, 6.45) is 0. The molecule has 3 aliphatic rings. The second kappa shape index (κ2) is 10.6. The van der Waals surface area contributed by atoms with E-state index in [0.29, 0.717) is 0 Å². The molecule has 1 atom stereocenters. The number of aromatic nitrogens is 2. The molecule has 1 heterocycles. The van der Waals surface area contributed by atoms with Gasteiger partial charge in [-0.2, -0.15) is 0 Å². The van der Waals surface area contributed by atoms with Gasteiger partial charge in [-0.05, 0) is 89.7 Å². The Morgan fingerprint density at radius 1 is 0.340 bits per heavy atom. The highest BCUT2D eigenvalue weighted by molar-refractivity contribution is 6.21. The normalized spacial score (nSPS) is 15.2. The van der Waals surface area contributed by atoms with E-state index < -0.39 is 5.41 Å². The maximum atomic E-state index is 5.42. The van der Waals surface area contributed by atoms with Crippen LogP contribution in [0.4, 0.5) is 0 Å². The van der Waals surface area contributed by atoms with Crippen molar-refractivity contribution in [3.05, 3.63) is 204 Å². The largest absolute Gasteiger partial charge is 0.228 e. The number of hydrogen-bond acceptors (Lipinski definition) is 2. The number of benzene rings is 8. The van der Waals surface area contributed by atoms with Crippen LogP contribution in [0.2, 0.25) is 0 Å². The van der Waals surface area contributed by atoms with E-state index in [9.17, 15) is 0 Å². The van der Waals surface area contributed by atoms with E-state index in [0.717, 1.165) is 33.9 Å². The molecule has 0 radical (unpaired) electrons. The predicted octanol–water partition coefficient (Wildman–Crippen LogP) is 12.6. The minimum absolute atomic E-state index is 0.558. The highest BCUT2D eigenvalue weighted by Gasteiger charge is 2.53. The van der Waals surface area contributed by atoms with Gasteiger partial charge in [0.2, 0.25) is 0 Å². The summed E-state index contributed by atoms with van der Waals surface area (Å²) in [6, 6.07) is 66.4. The van der Waals surface area contributed by atoms with Gasteiger partial charge in [-0.15, -0.1) is 0 Å². The molecular weight excluding hydrogens is 641 g/mol. The topological polar surface area (TPSA) is 25.8 Å². The van der Waals surface area contributed by atoms with Crippen LogP contribution in [0.15, 0.2) is 182 Å². The summed E-state index contributed by atoms with van der Waals surface area (Å²) in [5.41, 5.74) is 20.2. The van der Waals surface area contributed by atoms with Gasteiger partial charge < -0.3 is 0 Å². The molecule has 8 aromatic carbocycles. The fourth-order valence-corrected chi connectivity index (χ4v) is 9.83. The lowest BCUT2D eigenvalue weighted by atomic mass is 9.68.